The Labute approximate surface area is 125 Å². The predicted octanol–water partition coefficient (Wildman–Crippen LogP) is 3.50. The lowest BCUT2D eigenvalue weighted by atomic mass is 10.1. The van der Waals surface area contributed by atoms with Crippen molar-refractivity contribution in [2.45, 2.75) is 39.7 Å². The highest BCUT2D eigenvalue weighted by Gasteiger charge is 2.13. The maximum atomic E-state index is 13.7. The SMILES string of the molecule is Cc1ccc(F)c(NCC(O)COCCCC(C)C)c1F. The summed E-state index contributed by atoms with van der Waals surface area (Å²) in [5, 5.41) is 12.3. The summed E-state index contributed by atoms with van der Waals surface area (Å²) in [5.41, 5.74) is 0.159. The number of nitrogens with one attached hydrogen (secondary N) is 1. The number of anilines is 1. The minimum absolute atomic E-state index is 0.0431. The van der Waals surface area contributed by atoms with Crippen LogP contribution in [0.15, 0.2) is 12.1 Å². The highest BCUT2D eigenvalue weighted by Crippen LogP contribution is 2.21. The van der Waals surface area contributed by atoms with Crippen LogP contribution in [-0.2, 0) is 4.74 Å². The third-order valence-electron chi connectivity index (χ3n) is 3.18. The number of aliphatic hydroxyl groups is 1. The molecule has 0 aliphatic rings. The summed E-state index contributed by atoms with van der Waals surface area (Å²) in [7, 11) is 0. The van der Waals surface area contributed by atoms with Crippen LogP contribution >= 0.6 is 0 Å². The van der Waals surface area contributed by atoms with E-state index in [-0.39, 0.29) is 18.8 Å². The summed E-state index contributed by atoms with van der Waals surface area (Å²) in [6.07, 6.45) is 1.22. The zero-order chi connectivity index (χ0) is 15.8. The molecule has 0 heterocycles. The molecule has 0 saturated heterocycles. The van der Waals surface area contributed by atoms with E-state index in [2.05, 4.69) is 19.2 Å². The summed E-state index contributed by atoms with van der Waals surface area (Å²) in [5.74, 6) is -0.657. The quantitative estimate of drug-likeness (QED) is 0.686. The Kier molecular flexibility index (Phi) is 7.61. The Morgan fingerprint density at radius 2 is 2.00 bits per heavy atom. The van der Waals surface area contributed by atoms with E-state index in [0.29, 0.717) is 18.1 Å². The Morgan fingerprint density at radius 3 is 2.67 bits per heavy atom. The smallest absolute Gasteiger partial charge is 0.152 e. The molecule has 0 aliphatic heterocycles. The van der Waals surface area contributed by atoms with Gasteiger partial charge in [-0.2, -0.15) is 0 Å². The normalized spacial score (nSPS) is 12.7. The fraction of sp³-hybridized carbons (Fsp3) is 0.625. The molecule has 1 aromatic carbocycles. The second-order valence-corrected chi connectivity index (χ2v) is 5.70. The van der Waals surface area contributed by atoms with Gasteiger partial charge in [-0.25, -0.2) is 8.78 Å². The largest absolute Gasteiger partial charge is 0.389 e. The van der Waals surface area contributed by atoms with Gasteiger partial charge in [0.2, 0.25) is 0 Å². The van der Waals surface area contributed by atoms with Crippen LogP contribution in [0, 0.1) is 24.5 Å². The highest BCUT2D eigenvalue weighted by atomic mass is 19.1. The van der Waals surface area contributed by atoms with Crippen molar-refractivity contribution in [1.29, 1.82) is 0 Å². The van der Waals surface area contributed by atoms with Crippen LogP contribution in [0.1, 0.15) is 32.3 Å². The van der Waals surface area contributed by atoms with Gasteiger partial charge in [-0.3, -0.25) is 0 Å². The Balaban J connectivity index is 2.30. The maximum Gasteiger partial charge on any atom is 0.152 e. The van der Waals surface area contributed by atoms with Gasteiger partial charge in [0.15, 0.2) is 5.82 Å². The molecular weight excluding hydrogens is 276 g/mol. The van der Waals surface area contributed by atoms with Gasteiger partial charge in [-0.15, -0.1) is 0 Å². The summed E-state index contributed by atoms with van der Waals surface area (Å²) in [6.45, 7) is 6.63. The summed E-state index contributed by atoms with van der Waals surface area (Å²) >= 11 is 0. The molecule has 1 unspecified atom stereocenters. The number of benzene rings is 1. The fourth-order valence-electron chi connectivity index (χ4n) is 1.91. The first-order valence-electron chi connectivity index (χ1n) is 7.36. The molecule has 0 aliphatic carbocycles. The molecule has 120 valence electrons. The molecule has 5 heteroatoms. The first-order valence-corrected chi connectivity index (χ1v) is 7.36. The predicted molar refractivity (Wildman–Crippen MR) is 80.5 cm³/mol. The summed E-state index contributed by atoms with van der Waals surface area (Å²) in [4.78, 5) is 0. The fourth-order valence-corrected chi connectivity index (χ4v) is 1.91. The Morgan fingerprint density at radius 1 is 1.29 bits per heavy atom. The molecule has 1 aromatic rings. The standard InChI is InChI=1S/C16H25F2NO2/c1-11(2)5-4-8-21-10-13(20)9-19-16-14(17)7-6-12(3)15(16)18/h6-7,11,13,19-20H,4-5,8-10H2,1-3H3. The van der Waals surface area contributed by atoms with Crippen molar-refractivity contribution < 1.29 is 18.6 Å². The van der Waals surface area contributed by atoms with Crippen molar-refractivity contribution in [2.24, 2.45) is 5.92 Å². The van der Waals surface area contributed by atoms with Crippen molar-refractivity contribution in [3.8, 4) is 0 Å². The van der Waals surface area contributed by atoms with Crippen LogP contribution in [0.3, 0.4) is 0 Å². The van der Waals surface area contributed by atoms with Crippen molar-refractivity contribution in [3.63, 3.8) is 0 Å². The topological polar surface area (TPSA) is 41.5 Å². The van der Waals surface area contributed by atoms with Crippen LogP contribution in [-0.4, -0.2) is 31.0 Å². The van der Waals surface area contributed by atoms with Gasteiger partial charge < -0.3 is 15.2 Å². The molecule has 1 atom stereocenters. The number of ether oxygens (including phenoxy) is 1. The van der Waals surface area contributed by atoms with E-state index in [4.69, 9.17) is 4.74 Å². The lowest BCUT2D eigenvalue weighted by Crippen LogP contribution is -2.26. The number of rotatable bonds is 9. The molecular formula is C16H25F2NO2. The lowest BCUT2D eigenvalue weighted by Gasteiger charge is -2.15. The van der Waals surface area contributed by atoms with Crippen LogP contribution in [0.25, 0.3) is 0 Å². The molecule has 0 fully saturated rings. The molecule has 0 saturated carbocycles. The lowest BCUT2D eigenvalue weighted by molar-refractivity contribution is 0.0409. The number of halogens is 2. The van der Waals surface area contributed by atoms with Crippen LogP contribution in [0.2, 0.25) is 0 Å². The molecule has 1 rings (SSSR count). The summed E-state index contributed by atoms with van der Waals surface area (Å²) < 4.78 is 32.6. The van der Waals surface area contributed by atoms with E-state index in [0.717, 1.165) is 12.8 Å². The van der Waals surface area contributed by atoms with E-state index < -0.39 is 17.7 Å². The first kappa shape index (κ1) is 17.9. The van der Waals surface area contributed by atoms with E-state index >= 15 is 0 Å². The Bertz CT molecular complexity index is 439. The number of hydrogen-bond acceptors (Lipinski definition) is 3. The average molecular weight is 301 g/mol. The molecule has 0 aromatic heterocycles. The van der Waals surface area contributed by atoms with Gasteiger partial charge in [-0.1, -0.05) is 19.9 Å². The number of hydrogen-bond donors (Lipinski definition) is 2. The van der Waals surface area contributed by atoms with Gasteiger partial charge in [0, 0.05) is 13.2 Å². The minimum atomic E-state index is -0.802. The average Bonchev–Trinajstić information content (AvgIpc) is 2.42. The maximum absolute atomic E-state index is 13.7. The van der Waals surface area contributed by atoms with E-state index in [1.165, 1.54) is 12.1 Å². The molecule has 0 bridgehead atoms. The van der Waals surface area contributed by atoms with Crippen molar-refractivity contribution in [2.75, 3.05) is 25.1 Å². The van der Waals surface area contributed by atoms with Crippen molar-refractivity contribution >= 4 is 5.69 Å². The first-order chi connectivity index (χ1) is 9.91. The summed E-state index contributed by atoms with van der Waals surface area (Å²) in [6, 6.07) is 2.58. The van der Waals surface area contributed by atoms with Crippen LogP contribution < -0.4 is 5.32 Å². The molecule has 3 nitrogen and oxygen atoms in total. The molecule has 0 spiro atoms. The van der Waals surface area contributed by atoms with Gasteiger partial charge in [-0.05, 0) is 37.3 Å². The minimum Gasteiger partial charge on any atom is -0.389 e. The Hall–Kier alpha value is -1.20. The molecule has 21 heavy (non-hydrogen) atoms. The van der Waals surface area contributed by atoms with Gasteiger partial charge in [0.25, 0.3) is 0 Å². The second kappa shape index (κ2) is 8.95. The molecule has 2 N–H and O–H groups in total. The van der Waals surface area contributed by atoms with E-state index in [9.17, 15) is 13.9 Å². The van der Waals surface area contributed by atoms with E-state index in [1.54, 1.807) is 6.92 Å². The van der Waals surface area contributed by atoms with Gasteiger partial charge >= 0.3 is 0 Å². The van der Waals surface area contributed by atoms with Gasteiger partial charge in [0.1, 0.15) is 11.5 Å². The van der Waals surface area contributed by atoms with Crippen molar-refractivity contribution in [3.05, 3.63) is 29.3 Å². The molecule has 0 radical (unpaired) electrons. The highest BCUT2D eigenvalue weighted by molar-refractivity contribution is 5.48. The number of aliphatic hydroxyl groups excluding tert-OH is 1. The van der Waals surface area contributed by atoms with E-state index in [1.807, 2.05) is 0 Å². The molecule has 0 amide bonds. The van der Waals surface area contributed by atoms with Crippen molar-refractivity contribution in [1.82, 2.24) is 0 Å². The third kappa shape index (κ3) is 6.40. The van der Waals surface area contributed by atoms with Crippen LogP contribution in [0.5, 0.6) is 0 Å². The zero-order valence-corrected chi connectivity index (χ0v) is 13.0. The van der Waals surface area contributed by atoms with Gasteiger partial charge in [0.05, 0.1) is 12.7 Å². The zero-order valence-electron chi connectivity index (χ0n) is 13.0. The second-order valence-electron chi connectivity index (χ2n) is 5.70. The monoisotopic (exact) mass is 301 g/mol. The number of aryl methyl sites for hydroxylation is 1. The van der Waals surface area contributed by atoms with Crippen LogP contribution in [0.4, 0.5) is 14.5 Å². The third-order valence-corrected chi connectivity index (χ3v) is 3.18.